The molecule has 0 saturated carbocycles. The number of nitrogens with zero attached hydrogens (tertiary/aromatic N) is 1. The standard InChI is InChI=1S/C13H20N2O3S/c1-4-13(5-2,12(17)18)6-11(16)15-8-10-7-14-9(3)19-10/h7H,4-6,8H2,1-3H3,(H,15,16)(H,17,18). The molecule has 0 aromatic carbocycles. The van der Waals surface area contributed by atoms with Crippen molar-refractivity contribution in [1.82, 2.24) is 10.3 Å². The van der Waals surface area contributed by atoms with E-state index in [4.69, 9.17) is 0 Å². The average molecular weight is 284 g/mol. The highest BCUT2D eigenvalue weighted by Gasteiger charge is 2.36. The van der Waals surface area contributed by atoms with Gasteiger partial charge in [-0.2, -0.15) is 0 Å². The minimum absolute atomic E-state index is 0.0210. The summed E-state index contributed by atoms with van der Waals surface area (Å²) in [6.07, 6.45) is 2.65. The third-order valence-electron chi connectivity index (χ3n) is 3.44. The molecule has 0 saturated heterocycles. The van der Waals surface area contributed by atoms with Crippen LogP contribution in [-0.4, -0.2) is 22.0 Å². The van der Waals surface area contributed by atoms with Gasteiger partial charge in [0.25, 0.3) is 0 Å². The molecule has 0 aliphatic carbocycles. The molecule has 0 aliphatic rings. The first-order valence-corrected chi connectivity index (χ1v) is 7.16. The van der Waals surface area contributed by atoms with E-state index in [1.807, 2.05) is 6.92 Å². The van der Waals surface area contributed by atoms with Gasteiger partial charge in [-0.1, -0.05) is 13.8 Å². The second kappa shape index (κ2) is 6.65. The van der Waals surface area contributed by atoms with Crippen LogP contribution in [0.15, 0.2) is 6.20 Å². The van der Waals surface area contributed by atoms with Crippen LogP contribution in [0.5, 0.6) is 0 Å². The number of thiazole rings is 1. The molecule has 1 aromatic heterocycles. The molecule has 19 heavy (non-hydrogen) atoms. The van der Waals surface area contributed by atoms with E-state index in [1.165, 1.54) is 11.3 Å². The van der Waals surface area contributed by atoms with E-state index in [-0.39, 0.29) is 12.3 Å². The van der Waals surface area contributed by atoms with Crippen molar-refractivity contribution in [2.24, 2.45) is 5.41 Å². The molecule has 2 N–H and O–H groups in total. The van der Waals surface area contributed by atoms with Crippen molar-refractivity contribution < 1.29 is 14.7 Å². The predicted molar refractivity (Wildman–Crippen MR) is 74.0 cm³/mol. The number of aliphatic carboxylic acids is 1. The monoisotopic (exact) mass is 284 g/mol. The molecule has 0 aliphatic heterocycles. The van der Waals surface area contributed by atoms with Gasteiger partial charge in [-0.05, 0) is 19.8 Å². The van der Waals surface area contributed by atoms with Crippen LogP contribution in [0.2, 0.25) is 0 Å². The number of hydrogen-bond donors (Lipinski definition) is 2. The lowest BCUT2D eigenvalue weighted by atomic mass is 9.79. The topological polar surface area (TPSA) is 79.3 Å². The van der Waals surface area contributed by atoms with E-state index in [2.05, 4.69) is 10.3 Å². The van der Waals surface area contributed by atoms with E-state index < -0.39 is 11.4 Å². The molecule has 0 atom stereocenters. The molecule has 106 valence electrons. The molecule has 6 heteroatoms. The van der Waals surface area contributed by atoms with Crippen LogP contribution in [0.4, 0.5) is 0 Å². The van der Waals surface area contributed by atoms with Gasteiger partial charge in [0.15, 0.2) is 0 Å². The third kappa shape index (κ3) is 4.02. The minimum Gasteiger partial charge on any atom is -0.481 e. The SMILES string of the molecule is CCC(CC)(CC(=O)NCc1cnc(C)s1)C(=O)O. The van der Waals surface area contributed by atoms with Gasteiger partial charge in [-0.15, -0.1) is 11.3 Å². The zero-order chi connectivity index (χ0) is 14.5. The van der Waals surface area contributed by atoms with Crippen molar-refractivity contribution in [3.63, 3.8) is 0 Å². The molecule has 0 fully saturated rings. The molecule has 5 nitrogen and oxygen atoms in total. The molecular formula is C13H20N2O3S. The Balaban J connectivity index is 2.56. The van der Waals surface area contributed by atoms with E-state index in [1.54, 1.807) is 20.0 Å². The quantitative estimate of drug-likeness (QED) is 0.805. The summed E-state index contributed by atoms with van der Waals surface area (Å²) in [5.41, 5.74) is -0.951. The number of carboxylic acid groups (broad SMARTS) is 1. The summed E-state index contributed by atoms with van der Waals surface area (Å²) in [7, 11) is 0. The van der Waals surface area contributed by atoms with Crippen molar-refractivity contribution in [3.05, 3.63) is 16.1 Å². The molecule has 1 heterocycles. The highest BCUT2D eigenvalue weighted by atomic mass is 32.1. The maximum Gasteiger partial charge on any atom is 0.310 e. The van der Waals surface area contributed by atoms with Gasteiger partial charge >= 0.3 is 5.97 Å². The lowest BCUT2D eigenvalue weighted by molar-refractivity contribution is -0.152. The van der Waals surface area contributed by atoms with Crippen molar-refractivity contribution >= 4 is 23.2 Å². The lowest BCUT2D eigenvalue weighted by Crippen LogP contribution is -2.36. The lowest BCUT2D eigenvalue weighted by Gasteiger charge is -2.25. The molecule has 0 radical (unpaired) electrons. The average Bonchev–Trinajstić information content (AvgIpc) is 2.79. The second-order valence-corrected chi connectivity index (χ2v) is 5.91. The molecule has 0 bridgehead atoms. The summed E-state index contributed by atoms with van der Waals surface area (Å²) in [5.74, 6) is -1.13. The molecule has 1 amide bonds. The van der Waals surface area contributed by atoms with Gasteiger partial charge in [0, 0.05) is 17.5 Å². The summed E-state index contributed by atoms with van der Waals surface area (Å²) in [6, 6.07) is 0. The Hall–Kier alpha value is -1.43. The Morgan fingerprint density at radius 1 is 1.42 bits per heavy atom. The summed E-state index contributed by atoms with van der Waals surface area (Å²) < 4.78 is 0. The fraction of sp³-hybridized carbons (Fsp3) is 0.615. The van der Waals surface area contributed by atoms with Crippen molar-refractivity contribution in [1.29, 1.82) is 0 Å². The first-order chi connectivity index (χ1) is 8.93. The number of rotatable bonds is 7. The normalized spacial score (nSPS) is 11.3. The second-order valence-electron chi connectivity index (χ2n) is 4.59. The minimum atomic E-state index is -0.951. The summed E-state index contributed by atoms with van der Waals surface area (Å²) in [6.45, 7) is 5.92. The summed E-state index contributed by atoms with van der Waals surface area (Å²) in [4.78, 5) is 28.3. The van der Waals surface area contributed by atoms with Crippen molar-refractivity contribution in [2.45, 2.75) is 46.6 Å². The van der Waals surface area contributed by atoms with Crippen LogP contribution in [0.1, 0.15) is 43.0 Å². The van der Waals surface area contributed by atoms with Crippen LogP contribution >= 0.6 is 11.3 Å². The Kier molecular flexibility index (Phi) is 5.47. The number of aromatic nitrogens is 1. The molecule has 0 unspecified atom stereocenters. The van der Waals surface area contributed by atoms with Gasteiger partial charge in [0.1, 0.15) is 0 Å². The zero-order valence-electron chi connectivity index (χ0n) is 11.5. The van der Waals surface area contributed by atoms with Gasteiger partial charge in [-0.25, -0.2) is 4.98 Å². The number of amides is 1. The fourth-order valence-corrected chi connectivity index (χ4v) is 2.66. The highest BCUT2D eigenvalue weighted by Crippen LogP contribution is 2.30. The molecule has 0 spiro atoms. The first-order valence-electron chi connectivity index (χ1n) is 6.35. The fourth-order valence-electron chi connectivity index (χ4n) is 1.92. The maximum atomic E-state index is 11.9. The smallest absolute Gasteiger partial charge is 0.310 e. The number of nitrogens with one attached hydrogen (secondary N) is 1. The number of aryl methyl sites for hydroxylation is 1. The van der Waals surface area contributed by atoms with Crippen molar-refractivity contribution in [2.75, 3.05) is 0 Å². The summed E-state index contributed by atoms with van der Waals surface area (Å²) in [5, 5.41) is 13.0. The van der Waals surface area contributed by atoms with Gasteiger partial charge < -0.3 is 10.4 Å². The Morgan fingerprint density at radius 3 is 2.47 bits per heavy atom. The van der Waals surface area contributed by atoms with Crippen LogP contribution in [0, 0.1) is 12.3 Å². The van der Waals surface area contributed by atoms with Gasteiger partial charge in [-0.3, -0.25) is 9.59 Å². The van der Waals surface area contributed by atoms with E-state index in [0.29, 0.717) is 19.4 Å². The number of carboxylic acids is 1. The number of carbonyl (C=O) groups is 2. The molecular weight excluding hydrogens is 264 g/mol. The largest absolute Gasteiger partial charge is 0.481 e. The number of carbonyl (C=O) groups excluding carboxylic acids is 1. The maximum absolute atomic E-state index is 11.9. The first kappa shape index (κ1) is 15.6. The van der Waals surface area contributed by atoms with Gasteiger partial charge in [0.05, 0.1) is 17.0 Å². The Bertz CT molecular complexity index is 452. The van der Waals surface area contributed by atoms with Crippen LogP contribution < -0.4 is 5.32 Å². The Labute approximate surface area is 117 Å². The molecule has 1 rings (SSSR count). The molecule has 1 aromatic rings. The van der Waals surface area contributed by atoms with E-state index in [9.17, 15) is 14.7 Å². The predicted octanol–water partition coefficient (Wildman–Crippen LogP) is 2.35. The zero-order valence-corrected chi connectivity index (χ0v) is 12.3. The Morgan fingerprint density at radius 2 is 2.05 bits per heavy atom. The number of hydrogen-bond acceptors (Lipinski definition) is 4. The highest BCUT2D eigenvalue weighted by molar-refractivity contribution is 7.11. The van der Waals surface area contributed by atoms with E-state index >= 15 is 0 Å². The summed E-state index contributed by atoms with van der Waals surface area (Å²) >= 11 is 1.52. The van der Waals surface area contributed by atoms with Gasteiger partial charge in [0.2, 0.25) is 5.91 Å². The third-order valence-corrected chi connectivity index (χ3v) is 4.35. The van der Waals surface area contributed by atoms with Crippen LogP contribution in [0.3, 0.4) is 0 Å². The van der Waals surface area contributed by atoms with Crippen LogP contribution in [0.25, 0.3) is 0 Å². The van der Waals surface area contributed by atoms with Crippen LogP contribution in [-0.2, 0) is 16.1 Å². The van der Waals surface area contributed by atoms with E-state index in [0.717, 1.165) is 9.88 Å². The van der Waals surface area contributed by atoms with Crippen molar-refractivity contribution in [3.8, 4) is 0 Å².